The largest absolute Gasteiger partial charge is 0.508 e. The smallest absolute Gasteiger partial charge is 0.343 e. The maximum absolute atomic E-state index is 12.6. The molecule has 0 fully saturated rings. The van der Waals surface area contributed by atoms with Gasteiger partial charge in [0, 0.05) is 0 Å². The monoisotopic (exact) mass is 390 g/mol. The number of para-hydroxylation sites is 2. The first-order valence-corrected chi connectivity index (χ1v) is 9.96. The molecule has 1 N–H and O–H groups in total. The van der Waals surface area contributed by atoms with Crippen LogP contribution < -0.4 is 4.74 Å². The van der Waals surface area contributed by atoms with Crippen molar-refractivity contribution < 1.29 is 14.6 Å². The third-order valence-corrected chi connectivity index (χ3v) is 4.41. The van der Waals surface area contributed by atoms with Crippen molar-refractivity contribution in [3.8, 4) is 11.5 Å². The van der Waals surface area contributed by atoms with Gasteiger partial charge >= 0.3 is 5.97 Å². The topological polar surface area (TPSA) is 46.5 Å². The maximum atomic E-state index is 12.6. The number of esters is 1. The van der Waals surface area contributed by atoms with Crippen LogP contribution in [0.4, 0.5) is 0 Å². The second-order valence-corrected chi connectivity index (χ2v) is 7.88. The summed E-state index contributed by atoms with van der Waals surface area (Å²) >= 11 is 0. The highest BCUT2D eigenvalue weighted by Crippen LogP contribution is 2.27. The van der Waals surface area contributed by atoms with E-state index in [1.165, 1.54) is 0 Å². The van der Waals surface area contributed by atoms with E-state index in [1.807, 2.05) is 54.6 Å². The fraction of sp³-hybridized carbons (Fsp3) is 0.269. The lowest BCUT2D eigenvalue weighted by molar-refractivity contribution is 0.0730. The Balaban J connectivity index is 0.000000360. The van der Waals surface area contributed by atoms with Gasteiger partial charge in [-0.3, -0.25) is 0 Å². The van der Waals surface area contributed by atoms with Crippen LogP contribution in [0.25, 0.3) is 0 Å². The fourth-order valence-corrected chi connectivity index (χ4v) is 2.98. The molecule has 0 bridgehead atoms. The van der Waals surface area contributed by atoms with E-state index in [4.69, 9.17) is 9.84 Å². The minimum atomic E-state index is -0.283. The Bertz CT molecular complexity index is 908. The normalized spacial score (nSPS) is 10.6. The third kappa shape index (κ3) is 6.79. The molecule has 0 spiro atoms. The van der Waals surface area contributed by atoms with Gasteiger partial charge in [0.1, 0.15) is 11.5 Å². The SMILES string of the molecule is CCCc1ccccc1OC(=O)c1ccccc1C(C)(C)C.Oc1ccccc1. The molecule has 0 saturated heterocycles. The molecule has 0 unspecified atom stereocenters. The lowest BCUT2D eigenvalue weighted by Crippen LogP contribution is -2.19. The summed E-state index contributed by atoms with van der Waals surface area (Å²) in [6.07, 6.45) is 1.93. The molecule has 0 atom stereocenters. The van der Waals surface area contributed by atoms with Crippen molar-refractivity contribution in [1.29, 1.82) is 0 Å². The van der Waals surface area contributed by atoms with Crippen LogP contribution >= 0.6 is 0 Å². The zero-order chi connectivity index (χ0) is 21.3. The van der Waals surface area contributed by atoms with Crippen molar-refractivity contribution in [2.24, 2.45) is 0 Å². The second-order valence-electron chi connectivity index (χ2n) is 7.88. The molecule has 0 aliphatic heterocycles. The van der Waals surface area contributed by atoms with E-state index < -0.39 is 0 Å². The van der Waals surface area contributed by atoms with E-state index in [0.717, 1.165) is 24.0 Å². The molecule has 0 aliphatic carbocycles. The summed E-state index contributed by atoms with van der Waals surface area (Å²) in [4.78, 5) is 12.6. The summed E-state index contributed by atoms with van der Waals surface area (Å²) in [5, 5.41) is 8.63. The van der Waals surface area contributed by atoms with E-state index in [1.54, 1.807) is 24.3 Å². The Morgan fingerprint density at radius 3 is 2.03 bits per heavy atom. The highest BCUT2D eigenvalue weighted by atomic mass is 16.5. The van der Waals surface area contributed by atoms with Crippen molar-refractivity contribution in [1.82, 2.24) is 0 Å². The van der Waals surface area contributed by atoms with E-state index in [-0.39, 0.29) is 11.4 Å². The zero-order valence-electron chi connectivity index (χ0n) is 17.7. The molecule has 0 aliphatic rings. The number of carbonyl (C=O) groups is 1. The van der Waals surface area contributed by atoms with Gasteiger partial charge in [-0.05, 0) is 47.2 Å². The molecule has 3 nitrogen and oxygen atoms in total. The number of hydrogen-bond acceptors (Lipinski definition) is 3. The number of ether oxygens (including phenoxy) is 1. The van der Waals surface area contributed by atoms with Gasteiger partial charge in [0.25, 0.3) is 0 Å². The molecule has 0 saturated carbocycles. The highest BCUT2D eigenvalue weighted by molar-refractivity contribution is 5.93. The van der Waals surface area contributed by atoms with Gasteiger partial charge in [0.15, 0.2) is 0 Å². The van der Waals surface area contributed by atoms with Crippen LogP contribution in [-0.2, 0) is 11.8 Å². The predicted molar refractivity (Wildman–Crippen MR) is 119 cm³/mol. The molecule has 3 rings (SSSR count). The second kappa shape index (κ2) is 10.5. The van der Waals surface area contributed by atoms with Gasteiger partial charge in [0.2, 0.25) is 0 Å². The van der Waals surface area contributed by atoms with Crippen molar-refractivity contribution in [2.45, 2.75) is 46.0 Å². The van der Waals surface area contributed by atoms with Gasteiger partial charge in [-0.2, -0.15) is 0 Å². The number of carbonyl (C=O) groups excluding carboxylic acids is 1. The standard InChI is InChI=1S/C20H24O2.C6H6O/c1-5-10-15-11-6-9-14-18(15)22-19(21)16-12-7-8-13-17(16)20(2,3)4;7-6-4-2-1-3-5-6/h6-9,11-14H,5,10H2,1-4H3;1-5,7H. The molecule has 0 radical (unpaired) electrons. The van der Waals surface area contributed by atoms with Crippen molar-refractivity contribution >= 4 is 5.97 Å². The van der Waals surface area contributed by atoms with E-state index in [2.05, 4.69) is 27.7 Å². The number of aromatic hydroxyl groups is 1. The Morgan fingerprint density at radius 1 is 0.862 bits per heavy atom. The summed E-state index contributed by atoms with van der Waals surface area (Å²) < 4.78 is 5.68. The molecule has 29 heavy (non-hydrogen) atoms. The average molecular weight is 391 g/mol. The first kappa shape index (κ1) is 22.2. The summed E-state index contributed by atoms with van der Waals surface area (Å²) in [7, 11) is 0. The molecule has 0 heterocycles. The number of hydrogen-bond donors (Lipinski definition) is 1. The average Bonchev–Trinajstić information content (AvgIpc) is 2.70. The maximum Gasteiger partial charge on any atom is 0.343 e. The van der Waals surface area contributed by atoms with Crippen LogP contribution in [0.5, 0.6) is 11.5 Å². The van der Waals surface area contributed by atoms with Crippen LogP contribution in [0.2, 0.25) is 0 Å². The zero-order valence-corrected chi connectivity index (χ0v) is 17.7. The number of phenolic OH excluding ortho intramolecular Hbond substituents is 1. The third-order valence-electron chi connectivity index (χ3n) is 4.41. The number of phenols is 1. The Morgan fingerprint density at radius 2 is 1.45 bits per heavy atom. The van der Waals surface area contributed by atoms with Gasteiger partial charge in [0.05, 0.1) is 5.56 Å². The van der Waals surface area contributed by atoms with Crippen LogP contribution in [0.3, 0.4) is 0 Å². The van der Waals surface area contributed by atoms with Crippen LogP contribution in [0, 0.1) is 0 Å². The van der Waals surface area contributed by atoms with Crippen LogP contribution in [0.15, 0.2) is 78.9 Å². The first-order chi connectivity index (χ1) is 13.8. The van der Waals surface area contributed by atoms with Crippen LogP contribution in [0.1, 0.15) is 55.6 Å². The predicted octanol–water partition coefficient (Wildman–Crippen LogP) is 6.55. The minimum absolute atomic E-state index is 0.0987. The minimum Gasteiger partial charge on any atom is -0.508 e. The van der Waals surface area contributed by atoms with Gasteiger partial charge < -0.3 is 9.84 Å². The lowest BCUT2D eigenvalue weighted by atomic mass is 9.84. The summed E-state index contributed by atoms with van der Waals surface area (Å²) in [5.74, 6) is 0.703. The van der Waals surface area contributed by atoms with E-state index in [0.29, 0.717) is 17.1 Å². The Hall–Kier alpha value is -3.07. The van der Waals surface area contributed by atoms with E-state index in [9.17, 15) is 4.79 Å². The first-order valence-electron chi connectivity index (χ1n) is 9.96. The highest BCUT2D eigenvalue weighted by Gasteiger charge is 2.22. The van der Waals surface area contributed by atoms with Crippen molar-refractivity contribution in [3.05, 3.63) is 95.6 Å². The summed E-state index contributed by atoms with van der Waals surface area (Å²) in [6.45, 7) is 8.42. The van der Waals surface area contributed by atoms with Crippen molar-refractivity contribution in [2.75, 3.05) is 0 Å². The quantitative estimate of drug-likeness (QED) is 0.406. The lowest BCUT2D eigenvalue weighted by Gasteiger charge is -2.22. The number of rotatable bonds is 4. The fourth-order valence-electron chi connectivity index (χ4n) is 2.98. The molecule has 0 amide bonds. The summed E-state index contributed by atoms with van der Waals surface area (Å²) in [5.41, 5.74) is 2.62. The molecule has 3 aromatic rings. The summed E-state index contributed by atoms with van der Waals surface area (Å²) in [6, 6.07) is 24.1. The Kier molecular flexibility index (Phi) is 8.02. The molecular formula is C26H30O3. The molecule has 152 valence electrons. The van der Waals surface area contributed by atoms with Gasteiger partial charge in [-0.15, -0.1) is 0 Å². The Labute approximate surface area is 174 Å². The molecular weight excluding hydrogens is 360 g/mol. The van der Waals surface area contributed by atoms with E-state index >= 15 is 0 Å². The number of aryl methyl sites for hydroxylation is 1. The molecule has 3 heteroatoms. The van der Waals surface area contributed by atoms with Crippen molar-refractivity contribution in [3.63, 3.8) is 0 Å². The van der Waals surface area contributed by atoms with Gasteiger partial charge in [-0.25, -0.2) is 4.79 Å². The van der Waals surface area contributed by atoms with Crippen LogP contribution in [-0.4, -0.2) is 11.1 Å². The molecule has 0 aromatic heterocycles. The molecule has 3 aromatic carbocycles. The van der Waals surface area contributed by atoms with Gasteiger partial charge in [-0.1, -0.05) is 88.7 Å². The number of benzene rings is 3.